The lowest BCUT2D eigenvalue weighted by Crippen LogP contribution is -2.09. The SMILES string of the molecule is NCc1ccc(-c2cnc3c(NCCCO)nc4cc(C(F)(F)F)ccc4n23)cc1. The molecule has 4 rings (SSSR count). The fourth-order valence-electron chi connectivity index (χ4n) is 3.33. The van der Waals surface area contributed by atoms with Crippen LogP contribution in [0.4, 0.5) is 19.0 Å². The molecular weight excluding hydrogens is 395 g/mol. The first-order valence-corrected chi connectivity index (χ1v) is 9.45. The molecule has 0 spiro atoms. The number of rotatable bonds is 6. The standard InChI is InChI=1S/C21H20F3N5O/c22-21(23,24)15-6-7-17-16(10-15)28-19(26-8-1-9-30)20-27-12-18(29(17)20)14-4-2-13(11-25)3-5-14/h2-7,10,12,30H,1,8-9,11,25H2,(H,26,28). The number of nitrogens with one attached hydrogen (secondary N) is 1. The van der Waals surface area contributed by atoms with Gasteiger partial charge in [0.2, 0.25) is 0 Å². The van der Waals surface area contributed by atoms with Crippen LogP contribution < -0.4 is 11.1 Å². The maximum atomic E-state index is 13.2. The molecule has 0 unspecified atom stereocenters. The lowest BCUT2D eigenvalue weighted by molar-refractivity contribution is -0.137. The third-order valence-electron chi connectivity index (χ3n) is 4.86. The molecule has 0 radical (unpaired) electrons. The van der Waals surface area contributed by atoms with Crippen LogP contribution in [0.2, 0.25) is 0 Å². The second kappa shape index (κ2) is 7.92. The molecule has 2 aromatic heterocycles. The minimum Gasteiger partial charge on any atom is -0.396 e. The molecule has 0 atom stereocenters. The van der Waals surface area contributed by atoms with Crippen LogP contribution >= 0.6 is 0 Å². The molecule has 30 heavy (non-hydrogen) atoms. The molecule has 6 nitrogen and oxygen atoms in total. The molecule has 0 fully saturated rings. The Balaban J connectivity index is 1.95. The van der Waals surface area contributed by atoms with Gasteiger partial charge in [-0.1, -0.05) is 24.3 Å². The van der Waals surface area contributed by atoms with Gasteiger partial charge >= 0.3 is 6.18 Å². The highest BCUT2D eigenvalue weighted by Gasteiger charge is 2.31. The third kappa shape index (κ3) is 3.69. The van der Waals surface area contributed by atoms with Gasteiger partial charge in [-0.05, 0) is 30.2 Å². The maximum absolute atomic E-state index is 13.2. The van der Waals surface area contributed by atoms with Crippen LogP contribution in [0.1, 0.15) is 17.5 Å². The van der Waals surface area contributed by atoms with Crippen molar-refractivity contribution in [3.8, 4) is 11.3 Å². The van der Waals surface area contributed by atoms with Gasteiger partial charge in [-0.25, -0.2) is 9.97 Å². The summed E-state index contributed by atoms with van der Waals surface area (Å²) < 4.78 is 41.5. The number of aromatic nitrogens is 3. The number of aliphatic hydroxyl groups is 1. The van der Waals surface area contributed by atoms with Crippen molar-refractivity contribution in [3.05, 3.63) is 59.8 Å². The first kappa shape index (κ1) is 20.1. The molecule has 0 saturated heterocycles. The van der Waals surface area contributed by atoms with Gasteiger partial charge in [-0.3, -0.25) is 4.40 Å². The van der Waals surface area contributed by atoms with Gasteiger partial charge in [0, 0.05) is 25.3 Å². The summed E-state index contributed by atoms with van der Waals surface area (Å²) in [4.78, 5) is 8.86. The minimum absolute atomic E-state index is 0.0116. The maximum Gasteiger partial charge on any atom is 0.416 e. The number of alkyl halides is 3. The second-order valence-corrected chi connectivity index (χ2v) is 6.87. The number of benzene rings is 2. The molecule has 0 bridgehead atoms. The van der Waals surface area contributed by atoms with Gasteiger partial charge in [-0.15, -0.1) is 0 Å². The van der Waals surface area contributed by atoms with Crippen molar-refractivity contribution < 1.29 is 18.3 Å². The summed E-state index contributed by atoms with van der Waals surface area (Å²) in [5.41, 5.74) is 8.66. The highest BCUT2D eigenvalue weighted by atomic mass is 19.4. The lowest BCUT2D eigenvalue weighted by atomic mass is 10.1. The van der Waals surface area contributed by atoms with Gasteiger partial charge in [0.1, 0.15) is 0 Å². The smallest absolute Gasteiger partial charge is 0.396 e. The molecule has 0 aliphatic rings. The zero-order valence-electron chi connectivity index (χ0n) is 15.9. The summed E-state index contributed by atoms with van der Waals surface area (Å²) in [6.45, 7) is 0.818. The van der Waals surface area contributed by atoms with E-state index in [1.807, 2.05) is 24.3 Å². The number of hydrogen-bond donors (Lipinski definition) is 3. The average Bonchev–Trinajstić information content (AvgIpc) is 3.18. The first-order chi connectivity index (χ1) is 14.4. The Morgan fingerprint density at radius 3 is 2.53 bits per heavy atom. The number of imidazole rings is 1. The summed E-state index contributed by atoms with van der Waals surface area (Å²) in [5.74, 6) is 0.361. The number of fused-ring (bicyclic) bond motifs is 3. The van der Waals surface area contributed by atoms with Crippen molar-refractivity contribution in [2.45, 2.75) is 19.1 Å². The monoisotopic (exact) mass is 415 g/mol. The van der Waals surface area contributed by atoms with E-state index in [9.17, 15) is 13.2 Å². The number of nitrogens with zero attached hydrogens (tertiary/aromatic N) is 3. The van der Waals surface area contributed by atoms with E-state index in [1.54, 1.807) is 10.6 Å². The van der Waals surface area contributed by atoms with Gasteiger partial charge < -0.3 is 16.2 Å². The number of nitrogens with two attached hydrogens (primary N) is 1. The van der Waals surface area contributed by atoms with Crippen molar-refractivity contribution in [2.24, 2.45) is 5.73 Å². The van der Waals surface area contributed by atoms with E-state index in [0.717, 1.165) is 29.0 Å². The quantitative estimate of drug-likeness (QED) is 0.417. The molecule has 0 aliphatic carbocycles. The first-order valence-electron chi connectivity index (χ1n) is 9.45. The Kier molecular flexibility index (Phi) is 5.31. The van der Waals surface area contributed by atoms with Gasteiger partial charge in [0.05, 0.1) is 28.5 Å². The fourth-order valence-corrected chi connectivity index (χ4v) is 3.33. The molecule has 0 amide bonds. The van der Waals surface area contributed by atoms with Crippen molar-refractivity contribution in [3.63, 3.8) is 0 Å². The zero-order valence-corrected chi connectivity index (χ0v) is 15.9. The van der Waals surface area contributed by atoms with Crippen LogP contribution in [-0.4, -0.2) is 32.6 Å². The summed E-state index contributed by atoms with van der Waals surface area (Å²) in [5, 5.41) is 12.1. The normalized spacial score (nSPS) is 12.0. The van der Waals surface area contributed by atoms with Crippen molar-refractivity contribution in [2.75, 3.05) is 18.5 Å². The highest BCUT2D eigenvalue weighted by Crippen LogP contribution is 2.33. The van der Waals surface area contributed by atoms with Crippen LogP contribution in [0.5, 0.6) is 0 Å². The molecule has 2 heterocycles. The van der Waals surface area contributed by atoms with Crippen molar-refractivity contribution in [1.82, 2.24) is 14.4 Å². The Hall–Kier alpha value is -3.17. The molecule has 0 saturated carbocycles. The van der Waals surface area contributed by atoms with Crippen molar-refractivity contribution in [1.29, 1.82) is 0 Å². The van der Waals surface area contributed by atoms with E-state index >= 15 is 0 Å². The second-order valence-electron chi connectivity index (χ2n) is 6.87. The number of aliphatic hydroxyl groups excluding tert-OH is 1. The molecule has 2 aromatic carbocycles. The van der Waals surface area contributed by atoms with Crippen LogP contribution in [0.3, 0.4) is 0 Å². The largest absolute Gasteiger partial charge is 0.416 e. The van der Waals surface area contributed by atoms with Gasteiger partial charge in [0.15, 0.2) is 11.5 Å². The van der Waals surface area contributed by atoms with E-state index in [0.29, 0.717) is 36.5 Å². The molecule has 0 aliphatic heterocycles. The summed E-state index contributed by atoms with van der Waals surface area (Å²) >= 11 is 0. The van der Waals surface area contributed by atoms with Crippen molar-refractivity contribution >= 4 is 22.5 Å². The van der Waals surface area contributed by atoms with Crippen LogP contribution in [0, 0.1) is 0 Å². The molecule has 9 heteroatoms. The third-order valence-corrected chi connectivity index (χ3v) is 4.86. The Bertz CT molecular complexity index is 1190. The lowest BCUT2D eigenvalue weighted by Gasteiger charge is -2.13. The fraction of sp³-hybridized carbons (Fsp3) is 0.238. The van der Waals surface area contributed by atoms with Gasteiger partial charge in [-0.2, -0.15) is 13.2 Å². The predicted octanol–water partition coefficient (Wildman–Crippen LogP) is 3.82. The van der Waals surface area contributed by atoms with Crippen LogP contribution in [0.15, 0.2) is 48.7 Å². The Morgan fingerprint density at radius 1 is 1.10 bits per heavy atom. The number of halogens is 3. The summed E-state index contributed by atoms with van der Waals surface area (Å²) in [6, 6.07) is 11.1. The van der Waals surface area contributed by atoms with Crippen LogP contribution in [-0.2, 0) is 12.7 Å². The Labute approximate surface area is 170 Å². The average molecular weight is 415 g/mol. The van der Waals surface area contributed by atoms with E-state index in [4.69, 9.17) is 10.8 Å². The van der Waals surface area contributed by atoms with Crippen LogP contribution in [0.25, 0.3) is 27.9 Å². The Morgan fingerprint density at radius 2 is 1.87 bits per heavy atom. The summed E-state index contributed by atoms with van der Waals surface area (Å²) in [7, 11) is 0. The van der Waals surface area contributed by atoms with Gasteiger partial charge in [0.25, 0.3) is 0 Å². The summed E-state index contributed by atoms with van der Waals surface area (Å²) in [6.07, 6.45) is -2.32. The van der Waals surface area contributed by atoms with E-state index in [-0.39, 0.29) is 12.1 Å². The predicted molar refractivity (Wildman–Crippen MR) is 109 cm³/mol. The number of hydrogen-bond acceptors (Lipinski definition) is 5. The molecule has 156 valence electrons. The topological polar surface area (TPSA) is 88.5 Å². The molecule has 4 N–H and O–H groups in total. The highest BCUT2D eigenvalue weighted by molar-refractivity contribution is 5.86. The molecular formula is C21H20F3N5O. The zero-order chi connectivity index (χ0) is 21.3. The van der Waals surface area contributed by atoms with E-state index in [1.165, 1.54) is 6.07 Å². The van der Waals surface area contributed by atoms with E-state index in [2.05, 4.69) is 15.3 Å². The minimum atomic E-state index is -4.47. The van der Waals surface area contributed by atoms with E-state index < -0.39 is 11.7 Å². The molecule has 4 aromatic rings. The number of anilines is 1.